The number of hydrogen-bond donors (Lipinski definition) is 0. The second-order valence-corrected chi connectivity index (χ2v) is 8.14. The number of rotatable bonds is 4. The van der Waals surface area contributed by atoms with Gasteiger partial charge in [-0.1, -0.05) is 10.8 Å². The van der Waals surface area contributed by atoms with Gasteiger partial charge in [0, 0.05) is 25.4 Å². The van der Waals surface area contributed by atoms with Crippen LogP contribution in [0.15, 0.2) is 42.2 Å². The minimum atomic E-state index is -0.486. The van der Waals surface area contributed by atoms with Crippen molar-refractivity contribution in [2.75, 3.05) is 29.4 Å². The molecule has 2 aromatic rings. The summed E-state index contributed by atoms with van der Waals surface area (Å²) in [6.07, 6.45) is 5.91. The minimum absolute atomic E-state index is 0.333. The molecule has 1 aliphatic carbocycles. The number of carbonyl (C=O) groups is 1. The van der Waals surface area contributed by atoms with Crippen LogP contribution in [0.25, 0.3) is 0 Å². The highest BCUT2D eigenvalue weighted by atomic mass is 19.1. The molecule has 2 aliphatic heterocycles. The highest BCUT2D eigenvalue weighted by molar-refractivity contribution is 5.90. The maximum absolute atomic E-state index is 15.0. The van der Waals surface area contributed by atoms with E-state index in [4.69, 9.17) is 10.00 Å². The zero-order valence-corrected chi connectivity index (χ0v) is 16.3. The van der Waals surface area contributed by atoms with Gasteiger partial charge in [0.1, 0.15) is 11.9 Å². The molecule has 3 atom stereocenters. The third-order valence-corrected chi connectivity index (χ3v) is 6.21. The largest absolute Gasteiger partial charge is 0.442 e. The van der Waals surface area contributed by atoms with Crippen LogP contribution < -0.4 is 9.80 Å². The summed E-state index contributed by atoms with van der Waals surface area (Å²) in [6, 6.07) is 7.04. The molecule has 9 heteroatoms. The fourth-order valence-electron chi connectivity index (χ4n) is 4.85. The number of carbonyl (C=O) groups excluding carboxylic acids is 1. The molecule has 1 amide bonds. The smallest absolute Gasteiger partial charge is 0.414 e. The molecule has 2 unspecified atom stereocenters. The third-order valence-electron chi connectivity index (χ3n) is 6.21. The number of aromatic nitrogens is 3. The number of hydrogen-bond acceptors (Lipinski definition) is 6. The predicted molar refractivity (Wildman–Crippen MR) is 106 cm³/mol. The molecule has 3 aliphatic rings. The van der Waals surface area contributed by atoms with Crippen molar-refractivity contribution in [2.24, 2.45) is 11.8 Å². The van der Waals surface area contributed by atoms with Crippen molar-refractivity contribution in [3.05, 3.63) is 48.1 Å². The minimum Gasteiger partial charge on any atom is -0.442 e. The molecule has 1 aromatic heterocycles. The molecule has 0 N–H and O–H groups in total. The van der Waals surface area contributed by atoms with E-state index in [2.05, 4.69) is 21.3 Å². The van der Waals surface area contributed by atoms with Gasteiger partial charge in [-0.3, -0.25) is 4.90 Å². The van der Waals surface area contributed by atoms with Crippen molar-refractivity contribution in [1.29, 1.82) is 5.26 Å². The second-order valence-electron chi connectivity index (χ2n) is 8.14. The van der Waals surface area contributed by atoms with Crippen molar-refractivity contribution in [3.8, 4) is 6.07 Å². The molecular weight excluding hydrogens is 387 g/mol. The van der Waals surface area contributed by atoms with Crippen LogP contribution in [-0.2, 0) is 11.3 Å². The summed E-state index contributed by atoms with van der Waals surface area (Å²) < 4.78 is 22.0. The first-order chi connectivity index (χ1) is 14.6. The van der Waals surface area contributed by atoms with Crippen molar-refractivity contribution < 1.29 is 13.9 Å². The van der Waals surface area contributed by atoms with Crippen LogP contribution in [0.2, 0.25) is 0 Å². The van der Waals surface area contributed by atoms with Gasteiger partial charge in [-0.15, -0.1) is 5.10 Å². The summed E-state index contributed by atoms with van der Waals surface area (Å²) in [5, 5.41) is 16.5. The van der Waals surface area contributed by atoms with Crippen molar-refractivity contribution >= 4 is 17.5 Å². The van der Waals surface area contributed by atoms with Gasteiger partial charge in [-0.05, 0) is 42.9 Å². The number of nitriles is 1. The molecular formula is C21H21FN6O2. The van der Waals surface area contributed by atoms with Gasteiger partial charge in [0.25, 0.3) is 0 Å². The van der Waals surface area contributed by atoms with Gasteiger partial charge >= 0.3 is 6.09 Å². The fourth-order valence-corrected chi connectivity index (χ4v) is 4.85. The molecule has 0 bridgehead atoms. The molecule has 30 heavy (non-hydrogen) atoms. The highest BCUT2D eigenvalue weighted by Crippen LogP contribution is 2.43. The lowest BCUT2D eigenvalue weighted by Gasteiger charge is -2.22. The summed E-state index contributed by atoms with van der Waals surface area (Å²) >= 11 is 0. The number of cyclic esters (lactones) is 1. The zero-order chi connectivity index (χ0) is 20.7. The molecule has 0 radical (unpaired) electrons. The van der Waals surface area contributed by atoms with Gasteiger partial charge in [-0.2, -0.15) is 5.26 Å². The summed E-state index contributed by atoms with van der Waals surface area (Å²) in [5.74, 6) is 0.595. The molecule has 5 rings (SSSR count). The van der Waals surface area contributed by atoms with Crippen molar-refractivity contribution in [2.45, 2.75) is 25.5 Å². The van der Waals surface area contributed by atoms with E-state index in [9.17, 15) is 9.18 Å². The topological polar surface area (TPSA) is 87.3 Å². The number of fused-ring (bicyclic) bond motifs is 1. The summed E-state index contributed by atoms with van der Waals surface area (Å²) in [5.41, 5.74) is 2.25. The molecule has 3 fully saturated rings. The lowest BCUT2D eigenvalue weighted by Crippen LogP contribution is -2.27. The molecule has 1 saturated carbocycles. The Labute approximate surface area is 173 Å². The number of allylic oxidation sites excluding steroid dienone is 2. The Kier molecular flexibility index (Phi) is 4.62. The third kappa shape index (κ3) is 3.38. The van der Waals surface area contributed by atoms with Gasteiger partial charge < -0.3 is 9.64 Å². The maximum atomic E-state index is 15.0. The van der Waals surface area contributed by atoms with Crippen LogP contribution in [0.5, 0.6) is 0 Å². The predicted octanol–water partition coefficient (Wildman–Crippen LogP) is 2.74. The first-order valence-electron chi connectivity index (χ1n) is 10.0. The Morgan fingerprint density at radius 1 is 1.27 bits per heavy atom. The van der Waals surface area contributed by atoms with Crippen LogP contribution in [0, 0.1) is 29.0 Å². The van der Waals surface area contributed by atoms with Crippen LogP contribution >= 0.6 is 0 Å². The SMILES string of the molecule is N#CC=C1CC2CN(c3ccc(N4C[C@H](Cn5ccnn5)OC4=O)cc3F)CC2C1. The number of nitrogens with zero attached hydrogens (tertiary/aromatic N) is 6. The second kappa shape index (κ2) is 7.44. The van der Waals surface area contributed by atoms with E-state index in [1.807, 2.05) is 0 Å². The summed E-state index contributed by atoms with van der Waals surface area (Å²) in [4.78, 5) is 15.8. The Bertz CT molecular complexity index is 1010. The van der Waals surface area contributed by atoms with Crippen molar-refractivity contribution in [1.82, 2.24) is 15.0 Å². The number of amides is 1. The lowest BCUT2D eigenvalue weighted by molar-refractivity contribution is 0.129. The van der Waals surface area contributed by atoms with Gasteiger partial charge in [0.15, 0.2) is 0 Å². The fraction of sp³-hybridized carbons (Fsp3) is 0.429. The van der Waals surface area contributed by atoms with Gasteiger partial charge in [0.2, 0.25) is 0 Å². The summed E-state index contributed by atoms with van der Waals surface area (Å²) in [7, 11) is 0. The van der Waals surface area contributed by atoms with Crippen LogP contribution in [0.3, 0.4) is 0 Å². The van der Waals surface area contributed by atoms with E-state index in [1.165, 1.54) is 16.5 Å². The zero-order valence-electron chi connectivity index (χ0n) is 16.3. The summed E-state index contributed by atoms with van der Waals surface area (Å²) in [6.45, 7) is 2.31. The number of ether oxygens (including phenoxy) is 1. The van der Waals surface area contributed by atoms with Crippen LogP contribution in [0.1, 0.15) is 12.8 Å². The van der Waals surface area contributed by atoms with Crippen LogP contribution in [-0.4, -0.2) is 46.8 Å². The number of anilines is 2. The Balaban J connectivity index is 1.26. The molecule has 0 spiro atoms. The normalized spacial score (nSPS) is 25.4. The molecule has 2 saturated heterocycles. The molecule has 3 heterocycles. The van der Waals surface area contributed by atoms with E-state index in [-0.39, 0.29) is 11.9 Å². The van der Waals surface area contributed by atoms with E-state index in [0.29, 0.717) is 36.3 Å². The van der Waals surface area contributed by atoms with Crippen LogP contribution in [0.4, 0.5) is 20.6 Å². The van der Waals surface area contributed by atoms with Crippen molar-refractivity contribution in [3.63, 3.8) is 0 Å². The standard InChI is InChI=1S/C21H21FN6O2/c22-19-9-17(28-13-18(30-21(28)29)12-27-6-5-24-25-27)1-2-20(19)26-10-15-7-14(3-4-23)8-16(15)11-26/h1-3,5-6,9,15-16,18H,7-8,10-13H2/t15?,16?,18-/m0/s1. The number of benzene rings is 1. The van der Waals surface area contributed by atoms with E-state index in [1.54, 1.807) is 35.3 Å². The maximum Gasteiger partial charge on any atom is 0.414 e. The first kappa shape index (κ1) is 18.6. The van der Waals surface area contributed by atoms with E-state index >= 15 is 0 Å². The van der Waals surface area contributed by atoms with E-state index < -0.39 is 6.09 Å². The Morgan fingerprint density at radius 3 is 2.73 bits per heavy atom. The number of halogens is 1. The molecule has 8 nitrogen and oxygen atoms in total. The molecule has 154 valence electrons. The van der Waals surface area contributed by atoms with Gasteiger partial charge in [0.05, 0.1) is 36.7 Å². The first-order valence-corrected chi connectivity index (χ1v) is 10.0. The Morgan fingerprint density at radius 2 is 2.07 bits per heavy atom. The molecule has 1 aromatic carbocycles. The lowest BCUT2D eigenvalue weighted by atomic mass is 10.0. The Hall–Kier alpha value is -3.41. The average molecular weight is 408 g/mol. The van der Waals surface area contributed by atoms with E-state index in [0.717, 1.165) is 25.9 Å². The van der Waals surface area contributed by atoms with Gasteiger partial charge in [-0.25, -0.2) is 13.9 Å². The average Bonchev–Trinajstić information content (AvgIpc) is 3.47. The quantitative estimate of drug-likeness (QED) is 0.723. The monoisotopic (exact) mass is 408 g/mol. The highest BCUT2D eigenvalue weighted by Gasteiger charge is 2.39.